The average molecular weight is 673 g/mol. The Balaban J connectivity index is 1.67. The Labute approximate surface area is 261 Å². The van der Waals surface area contributed by atoms with Crippen LogP contribution in [-0.4, -0.2) is 57.5 Å². The van der Waals surface area contributed by atoms with Crippen molar-refractivity contribution in [2.24, 2.45) is 5.92 Å². The predicted molar refractivity (Wildman–Crippen MR) is 154 cm³/mol. The Bertz CT molecular complexity index is 1660. The van der Waals surface area contributed by atoms with Gasteiger partial charge in [-0.2, -0.15) is 26.3 Å². The summed E-state index contributed by atoms with van der Waals surface area (Å²) in [6, 6.07) is 12.7. The fourth-order valence-electron chi connectivity index (χ4n) is 5.25. The molecule has 2 atom stereocenters. The van der Waals surface area contributed by atoms with Crippen LogP contribution in [0.2, 0.25) is 0 Å². The molecule has 0 aromatic heterocycles. The second-order valence-electron chi connectivity index (χ2n) is 10.9. The average Bonchev–Trinajstić information content (AvgIpc) is 3.36. The van der Waals surface area contributed by atoms with Crippen molar-refractivity contribution in [1.82, 2.24) is 4.90 Å². The fourth-order valence-corrected chi connectivity index (χ4v) is 5.92. The van der Waals surface area contributed by atoms with Crippen molar-refractivity contribution in [2.75, 3.05) is 25.3 Å². The number of hydrogen-bond donors (Lipinski definition) is 1. The number of fused-ring (bicyclic) bond motifs is 1. The van der Waals surface area contributed by atoms with Gasteiger partial charge in [-0.25, -0.2) is 8.42 Å². The number of carbonyl (C=O) groups excluding carboxylic acids is 2. The van der Waals surface area contributed by atoms with E-state index in [4.69, 9.17) is 4.74 Å². The molecule has 0 saturated carbocycles. The van der Waals surface area contributed by atoms with Crippen molar-refractivity contribution < 1.29 is 53.8 Å². The number of halogens is 6. The number of alkyl halides is 6. The van der Waals surface area contributed by atoms with Gasteiger partial charge in [0.2, 0.25) is 5.91 Å². The normalized spacial score (nSPS) is 16.2. The summed E-state index contributed by atoms with van der Waals surface area (Å²) in [5.74, 6) is -2.02. The summed E-state index contributed by atoms with van der Waals surface area (Å²) >= 11 is 0. The van der Waals surface area contributed by atoms with Gasteiger partial charge in [0.25, 0.3) is 11.5 Å². The first kappa shape index (κ1) is 34.9. The fraction of sp³-hybridized carbons (Fsp3) is 0.355. The number of amides is 2. The van der Waals surface area contributed by atoms with E-state index in [0.29, 0.717) is 23.3 Å². The van der Waals surface area contributed by atoms with Crippen LogP contribution in [0.1, 0.15) is 35.2 Å². The topological polar surface area (TPSA) is 102 Å². The monoisotopic (exact) mass is 672 g/mol. The van der Waals surface area contributed by atoms with Gasteiger partial charge >= 0.3 is 12.4 Å². The summed E-state index contributed by atoms with van der Waals surface area (Å²) < 4.78 is 119. The molecule has 0 fully saturated rings. The molecule has 0 radical (unpaired) electrons. The first-order chi connectivity index (χ1) is 21.4. The van der Waals surface area contributed by atoms with Gasteiger partial charge in [0, 0.05) is 31.2 Å². The Hall–Kier alpha value is -3.95. The van der Waals surface area contributed by atoms with E-state index in [9.17, 15) is 44.3 Å². The minimum atomic E-state index is -5.91. The summed E-state index contributed by atoms with van der Waals surface area (Å²) in [5.41, 5.74) is -5.32. The van der Waals surface area contributed by atoms with E-state index in [1.165, 1.54) is 54.5 Å². The molecule has 1 N–H and O–H groups in total. The Kier molecular flexibility index (Phi) is 9.90. The van der Waals surface area contributed by atoms with Gasteiger partial charge in [-0.3, -0.25) is 9.59 Å². The van der Waals surface area contributed by atoms with Crippen LogP contribution in [0.15, 0.2) is 77.7 Å². The smallest absolute Gasteiger partial charge is 0.384 e. The molecule has 8 nitrogen and oxygen atoms in total. The van der Waals surface area contributed by atoms with Gasteiger partial charge < -0.3 is 19.7 Å². The second-order valence-corrected chi connectivity index (χ2v) is 12.9. The third kappa shape index (κ3) is 6.90. The lowest BCUT2D eigenvalue weighted by molar-refractivity contribution is -0.392. The number of ether oxygens (including phenoxy) is 2. The Morgan fingerprint density at radius 3 is 2.11 bits per heavy atom. The molecule has 3 aromatic rings. The minimum absolute atomic E-state index is 0.0164. The zero-order chi connectivity index (χ0) is 34.1. The van der Waals surface area contributed by atoms with Gasteiger partial charge in [-0.1, -0.05) is 55.5 Å². The summed E-state index contributed by atoms with van der Waals surface area (Å²) in [6.45, 7) is 0.466. The maximum atomic E-state index is 14.3. The molecule has 2 unspecified atom stereocenters. The van der Waals surface area contributed by atoms with Crippen LogP contribution < -0.4 is 5.32 Å². The molecule has 248 valence electrons. The number of sulfone groups is 1. The van der Waals surface area contributed by atoms with Crippen LogP contribution in [-0.2, 0) is 47.7 Å². The molecular weight excluding hydrogens is 642 g/mol. The van der Waals surface area contributed by atoms with Crippen molar-refractivity contribution >= 4 is 27.3 Å². The molecule has 0 aliphatic carbocycles. The van der Waals surface area contributed by atoms with Gasteiger partial charge in [-0.15, -0.1) is 0 Å². The van der Waals surface area contributed by atoms with E-state index in [1.54, 1.807) is 13.0 Å². The maximum Gasteiger partial charge on any atom is 0.430 e. The number of methoxy groups -OCH3 is 1. The van der Waals surface area contributed by atoms with E-state index in [0.717, 1.165) is 18.4 Å². The molecule has 0 saturated heterocycles. The maximum absolute atomic E-state index is 14.3. The van der Waals surface area contributed by atoms with Crippen LogP contribution in [0.3, 0.4) is 0 Å². The van der Waals surface area contributed by atoms with E-state index in [1.807, 2.05) is 0 Å². The molecule has 2 amide bonds. The van der Waals surface area contributed by atoms with Gasteiger partial charge in [0.15, 0.2) is 9.84 Å². The van der Waals surface area contributed by atoms with Crippen molar-refractivity contribution in [3.63, 3.8) is 0 Å². The largest absolute Gasteiger partial charge is 0.430 e. The number of nitrogens with zero attached hydrogens (tertiary/aromatic N) is 1. The third-order valence-electron chi connectivity index (χ3n) is 7.51. The first-order valence-corrected chi connectivity index (χ1v) is 15.6. The van der Waals surface area contributed by atoms with Crippen LogP contribution in [0.4, 0.5) is 32.0 Å². The SMILES string of the molecule is COCC(C)C(=O)N1Cc2cc(S(C)(=O)=O)ccc2C1C(=O)Nc1ccc(C(OCc2ccccc2)(C(F)(F)F)C(F)(F)F)cc1. The van der Waals surface area contributed by atoms with E-state index in [2.05, 4.69) is 10.1 Å². The molecule has 1 heterocycles. The van der Waals surface area contributed by atoms with Crippen LogP contribution in [0.25, 0.3) is 0 Å². The van der Waals surface area contributed by atoms with Crippen LogP contribution in [0, 0.1) is 5.92 Å². The minimum Gasteiger partial charge on any atom is -0.384 e. The van der Waals surface area contributed by atoms with Crippen molar-refractivity contribution in [1.29, 1.82) is 0 Å². The number of anilines is 1. The zero-order valence-electron chi connectivity index (χ0n) is 24.8. The third-order valence-corrected chi connectivity index (χ3v) is 8.62. The van der Waals surface area contributed by atoms with E-state index >= 15 is 0 Å². The van der Waals surface area contributed by atoms with E-state index < -0.39 is 63.7 Å². The number of rotatable bonds is 10. The predicted octanol–water partition coefficient (Wildman–Crippen LogP) is 5.93. The molecule has 1 aliphatic heterocycles. The highest BCUT2D eigenvalue weighted by atomic mass is 32.2. The number of nitrogens with one attached hydrogen (secondary N) is 1. The summed E-state index contributed by atoms with van der Waals surface area (Å²) in [6.07, 6.45) is -10.8. The van der Waals surface area contributed by atoms with E-state index in [-0.39, 0.29) is 29.3 Å². The molecule has 46 heavy (non-hydrogen) atoms. The van der Waals surface area contributed by atoms with Crippen LogP contribution >= 0.6 is 0 Å². The van der Waals surface area contributed by atoms with Gasteiger partial charge in [0.1, 0.15) is 6.04 Å². The van der Waals surface area contributed by atoms with Crippen molar-refractivity contribution in [3.8, 4) is 0 Å². The van der Waals surface area contributed by atoms with Crippen LogP contribution in [0.5, 0.6) is 0 Å². The lowest BCUT2D eigenvalue weighted by Crippen LogP contribution is -2.55. The summed E-state index contributed by atoms with van der Waals surface area (Å²) in [4.78, 5) is 28.0. The second kappa shape index (κ2) is 13.0. The highest BCUT2D eigenvalue weighted by Gasteiger charge is 2.73. The molecule has 4 rings (SSSR count). The number of benzene rings is 3. The van der Waals surface area contributed by atoms with Crippen molar-refractivity contribution in [3.05, 3.63) is 95.1 Å². The molecule has 0 bridgehead atoms. The zero-order valence-corrected chi connectivity index (χ0v) is 25.6. The summed E-state index contributed by atoms with van der Waals surface area (Å²) in [5, 5.41) is 2.45. The molecule has 15 heteroatoms. The quantitative estimate of drug-likeness (QED) is 0.268. The highest BCUT2D eigenvalue weighted by molar-refractivity contribution is 7.90. The Morgan fingerprint density at radius 1 is 0.957 bits per heavy atom. The lowest BCUT2D eigenvalue weighted by atomic mass is 9.91. The first-order valence-electron chi connectivity index (χ1n) is 13.8. The summed E-state index contributed by atoms with van der Waals surface area (Å²) in [7, 11) is -2.24. The molecule has 1 aliphatic rings. The number of carbonyl (C=O) groups is 2. The van der Waals surface area contributed by atoms with Crippen molar-refractivity contribution in [2.45, 2.75) is 49.0 Å². The Morgan fingerprint density at radius 2 is 1.57 bits per heavy atom. The standard InChI is InChI=1S/C31H30F6N2O6S/c1-19(17-44-2)28(41)39-16-21-15-24(46(3,42)43)13-14-25(21)26(39)27(40)38-23-11-9-22(10-12-23)29(30(32,33)34,31(35,36)37)45-18-20-7-5-4-6-8-20/h4-15,19,26H,16-18H2,1-3H3,(H,38,40). The molecule has 3 aromatic carbocycles. The lowest BCUT2D eigenvalue weighted by Gasteiger charge is -2.37. The van der Waals surface area contributed by atoms with Gasteiger partial charge in [-0.05, 0) is 41.0 Å². The highest BCUT2D eigenvalue weighted by Crippen LogP contribution is 2.53. The number of hydrogen-bond acceptors (Lipinski definition) is 6. The molecular formula is C31H30F6N2O6S. The van der Waals surface area contributed by atoms with Gasteiger partial charge in [0.05, 0.1) is 24.0 Å². The molecule has 0 spiro atoms.